The number of carbonyl (C=O) groups excluding carboxylic acids is 1. The van der Waals surface area contributed by atoms with Gasteiger partial charge in [-0.25, -0.2) is 14.4 Å². The Morgan fingerprint density at radius 2 is 1.89 bits per heavy atom. The molecule has 38 heavy (non-hydrogen) atoms. The van der Waals surface area contributed by atoms with Gasteiger partial charge < -0.3 is 29.5 Å². The van der Waals surface area contributed by atoms with Crippen molar-refractivity contribution in [2.75, 3.05) is 49.7 Å². The summed E-state index contributed by atoms with van der Waals surface area (Å²) in [4.78, 5) is 23.6. The summed E-state index contributed by atoms with van der Waals surface area (Å²) in [7, 11) is 0. The lowest BCUT2D eigenvalue weighted by Crippen LogP contribution is -2.47. The van der Waals surface area contributed by atoms with E-state index in [4.69, 9.17) is 19.3 Å². The fourth-order valence-corrected chi connectivity index (χ4v) is 4.65. The van der Waals surface area contributed by atoms with Crippen molar-refractivity contribution in [1.29, 1.82) is 0 Å². The van der Waals surface area contributed by atoms with Crippen molar-refractivity contribution >= 4 is 17.5 Å². The standard InChI is InChI=1S/C24H27F5N4O5/c1-13-17(15-3-4-16(25)18(26)19(15)37-10-7-34)20(38-23(13,2)24(27,28)29)21(35)32-14-11-30-22(31-12-14)33-5-8-36-9-6-33/h3-4,11-13,17,20,34H,5-10H2,1-2H3,(H,32,35)/t13-,17-,20+,23+/m0/s1. The second-order valence-corrected chi connectivity index (χ2v) is 9.17. The molecule has 0 radical (unpaired) electrons. The Hall–Kier alpha value is -3.10. The maximum Gasteiger partial charge on any atom is 0.417 e. The minimum atomic E-state index is -4.90. The number of amides is 1. The Labute approximate surface area is 214 Å². The summed E-state index contributed by atoms with van der Waals surface area (Å²) in [5.41, 5.74) is -2.89. The van der Waals surface area contributed by atoms with E-state index in [2.05, 4.69) is 15.3 Å². The maximum atomic E-state index is 14.7. The summed E-state index contributed by atoms with van der Waals surface area (Å²) in [5.74, 6) is -6.82. The lowest BCUT2D eigenvalue weighted by molar-refractivity contribution is -0.272. The van der Waals surface area contributed by atoms with Crippen LogP contribution in [0.15, 0.2) is 24.5 Å². The third-order valence-corrected chi connectivity index (χ3v) is 6.90. The van der Waals surface area contributed by atoms with E-state index in [1.165, 1.54) is 19.3 Å². The van der Waals surface area contributed by atoms with Crippen LogP contribution < -0.4 is 15.0 Å². The highest BCUT2D eigenvalue weighted by molar-refractivity contribution is 5.95. The number of carbonyl (C=O) groups is 1. The van der Waals surface area contributed by atoms with E-state index in [1.54, 1.807) is 0 Å². The van der Waals surface area contributed by atoms with Crippen LogP contribution in [0.1, 0.15) is 25.3 Å². The molecule has 2 saturated heterocycles. The third-order valence-electron chi connectivity index (χ3n) is 6.90. The molecule has 1 amide bonds. The van der Waals surface area contributed by atoms with Crippen molar-refractivity contribution in [3.63, 3.8) is 0 Å². The molecule has 2 N–H and O–H groups in total. The van der Waals surface area contributed by atoms with E-state index < -0.39 is 66.2 Å². The summed E-state index contributed by atoms with van der Waals surface area (Å²) < 4.78 is 86.9. The average Bonchev–Trinajstić information content (AvgIpc) is 3.17. The number of benzene rings is 1. The monoisotopic (exact) mass is 546 g/mol. The summed E-state index contributed by atoms with van der Waals surface area (Å²) >= 11 is 0. The van der Waals surface area contributed by atoms with E-state index in [9.17, 15) is 26.7 Å². The second-order valence-electron chi connectivity index (χ2n) is 9.17. The van der Waals surface area contributed by atoms with E-state index >= 15 is 0 Å². The Morgan fingerprint density at radius 3 is 2.50 bits per heavy atom. The normalized spacial score (nSPS) is 25.9. The van der Waals surface area contributed by atoms with Crippen LogP contribution in [0.25, 0.3) is 0 Å². The molecule has 208 valence electrons. The predicted molar refractivity (Wildman–Crippen MR) is 124 cm³/mol. The highest BCUT2D eigenvalue weighted by atomic mass is 19.4. The Balaban J connectivity index is 1.66. The van der Waals surface area contributed by atoms with E-state index in [0.29, 0.717) is 32.3 Å². The van der Waals surface area contributed by atoms with Gasteiger partial charge in [0.25, 0.3) is 5.91 Å². The zero-order valence-corrected chi connectivity index (χ0v) is 20.6. The first-order chi connectivity index (χ1) is 18.0. The summed E-state index contributed by atoms with van der Waals surface area (Å²) in [5, 5.41) is 11.6. The molecule has 1 aromatic heterocycles. The van der Waals surface area contributed by atoms with Gasteiger partial charge in [0.1, 0.15) is 12.7 Å². The fourth-order valence-electron chi connectivity index (χ4n) is 4.65. The second kappa shape index (κ2) is 10.9. The number of hydrogen-bond acceptors (Lipinski definition) is 8. The van der Waals surface area contributed by atoms with Crippen molar-refractivity contribution in [2.24, 2.45) is 5.92 Å². The Bertz CT molecular complexity index is 1150. The molecule has 4 atom stereocenters. The van der Waals surface area contributed by atoms with Crippen molar-refractivity contribution in [2.45, 2.75) is 37.6 Å². The topological polar surface area (TPSA) is 106 Å². The molecule has 14 heteroatoms. The highest BCUT2D eigenvalue weighted by Gasteiger charge is 2.66. The first kappa shape index (κ1) is 27.9. The van der Waals surface area contributed by atoms with E-state index in [1.807, 2.05) is 4.90 Å². The molecule has 2 aliphatic rings. The number of aliphatic hydroxyl groups excluding tert-OH is 1. The van der Waals surface area contributed by atoms with Gasteiger partial charge in [-0.1, -0.05) is 13.0 Å². The third kappa shape index (κ3) is 5.24. The number of ether oxygens (including phenoxy) is 3. The van der Waals surface area contributed by atoms with Gasteiger partial charge in [0, 0.05) is 30.5 Å². The van der Waals surface area contributed by atoms with Crippen molar-refractivity contribution in [3.8, 4) is 5.75 Å². The first-order valence-corrected chi connectivity index (χ1v) is 11.9. The van der Waals surface area contributed by atoms with Gasteiger partial charge >= 0.3 is 6.18 Å². The minimum Gasteiger partial charge on any atom is -0.488 e. The molecule has 0 saturated carbocycles. The molecule has 3 heterocycles. The SMILES string of the molecule is C[C@H]1[C@@H](c2ccc(F)c(F)c2OCCO)[C@H](C(=O)Nc2cnc(N3CCOCC3)nc2)O[C@@]1(C)C(F)(F)F. The molecule has 4 rings (SSSR count). The van der Waals surface area contributed by atoms with Crippen LogP contribution in [0.5, 0.6) is 5.75 Å². The Morgan fingerprint density at radius 1 is 1.24 bits per heavy atom. The molecule has 9 nitrogen and oxygen atoms in total. The number of hydrogen-bond donors (Lipinski definition) is 2. The summed E-state index contributed by atoms with van der Waals surface area (Å²) in [6, 6.07) is 1.79. The molecule has 1 aromatic carbocycles. The Kier molecular flexibility index (Phi) is 8.04. The number of morpholine rings is 1. The van der Waals surface area contributed by atoms with Crippen LogP contribution in [0.2, 0.25) is 0 Å². The molecule has 0 spiro atoms. The number of aliphatic hydroxyl groups is 1. The van der Waals surface area contributed by atoms with Gasteiger partial charge in [-0.05, 0) is 13.0 Å². The molecule has 2 aromatic rings. The van der Waals surface area contributed by atoms with Gasteiger partial charge in [-0.3, -0.25) is 4.79 Å². The van der Waals surface area contributed by atoms with Crippen molar-refractivity contribution in [1.82, 2.24) is 9.97 Å². The molecule has 0 unspecified atom stereocenters. The van der Waals surface area contributed by atoms with Crippen molar-refractivity contribution < 1.29 is 46.1 Å². The number of anilines is 2. The van der Waals surface area contributed by atoms with Gasteiger partial charge in [-0.15, -0.1) is 0 Å². The molecule has 0 bridgehead atoms. The van der Waals surface area contributed by atoms with Crippen LogP contribution in [-0.4, -0.2) is 78.4 Å². The first-order valence-electron chi connectivity index (χ1n) is 11.9. The molecule has 2 fully saturated rings. The number of alkyl halides is 3. The van der Waals surface area contributed by atoms with Gasteiger partial charge in [-0.2, -0.15) is 17.6 Å². The van der Waals surface area contributed by atoms with Gasteiger partial charge in [0.05, 0.1) is 37.9 Å². The molecular formula is C24H27F5N4O5. The molecule has 2 aliphatic heterocycles. The number of nitrogens with one attached hydrogen (secondary N) is 1. The lowest BCUT2D eigenvalue weighted by Gasteiger charge is -2.32. The number of rotatable bonds is 7. The van der Waals surface area contributed by atoms with Crippen LogP contribution >= 0.6 is 0 Å². The number of halogens is 5. The summed E-state index contributed by atoms with van der Waals surface area (Å²) in [6.07, 6.45) is -4.05. The predicted octanol–water partition coefficient (Wildman–Crippen LogP) is 3.04. The van der Waals surface area contributed by atoms with Crippen LogP contribution in [-0.2, 0) is 14.3 Å². The highest BCUT2D eigenvalue weighted by Crippen LogP contribution is 2.55. The zero-order chi connectivity index (χ0) is 27.7. The van der Waals surface area contributed by atoms with Crippen molar-refractivity contribution in [3.05, 3.63) is 41.7 Å². The van der Waals surface area contributed by atoms with Gasteiger partial charge in [0.15, 0.2) is 17.2 Å². The quantitative estimate of drug-likeness (QED) is 0.511. The largest absolute Gasteiger partial charge is 0.488 e. The molecular weight excluding hydrogens is 519 g/mol. The zero-order valence-electron chi connectivity index (χ0n) is 20.6. The maximum absolute atomic E-state index is 14.7. The van der Waals surface area contributed by atoms with E-state index in [0.717, 1.165) is 19.1 Å². The fraction of sp³-hybridized carbons (Fsp3) is 0.542. The summed E-state index contributed by atoms with van der Waals surface area (Å²) in [6.45, 7) is 3.17. The lowest BCUT2D eigenvalue weighted by atomic mass is 9.77. The van der Waals surface area contributed by atoms with Gasteiger partial charge in [0.2, 0.25) is 11.8 Å². The minimum absolute atomic E-state index is 0.102. The van der Waals surface area contributed by atoms with E-state index in [-0.39, 0.29) is 11.3 Å². The van der Waals surface area contributed by atoms with Crippen LogP contribution in [0.3, 0.4) is 0 Å². The van der Waals surface area contributed by atoms with Crippen LogP contribution in [0.4, 0.5) is 33.6 Å². The number of nitrogens with zero attached hydrogens (tertiary/aromatic N) is 3. The molecule has 0 aliphatic carbocycles. The van der Waals surface area contributed by atoms with Crippen LogP contribution in [0, 0.1) is 17.6 Å². The number of aromatic nitrogens is 2. The smallest absolute Gasteiger partial charge is 0.417 e. The average molecular weight is 546 g/mol.